The Morgan fingerprint density at radius 2 is 2.11 bits per heavy atom. The van der Waals surface area contributed by atoms with Gasteiger partial charge in [-0.05, 0) is 24.3 Å². The summed E-state index contributed by atoms with van der Waals surface area (Å²) >= 11 is 1.67. The third-order valence-electron chi connectivity index (χ3n) is 3.90. The normalized spacial score (nSPS) is 16.9. The van der Waals surface area contributed by atoms with Crippen LogP contribution in [0.15, 0.2) is 17.8 Å². The summed E-state index contributed by atoms with van der Waals surface area (Å²) in [5, 5.41) is 3.26. The fraction of sp³-hybridized carbons (Fsp3) is 0.571. The Labute approximate surface area is 117 Å². The first-order valence-electron chi connectivity index (χ1n) is 7.05. The number of hydrogen-bond donors (Lipinski definition) is 1. The van der Waals surface area contributed by atoms with E-state index in [1.807, 2.05) is 0 Å². The van der Waals surface area contributed by atoms with Gasteiger partial charge in [-0.3, -0.25) is 0 Å². The van der Waals surface area contributed by atoms with Crippen LogP contribution in [0.25, 0.3) is 10.2 Å². The molecule has 0 aliphatic heterocycles. The average molecular weight is 276 g/mol. The number of hydrogen-bond acceptors (Lipinski definition) is 5. The van der Waals surface area contributed by atoms with Crippen molar-refractivity contribution in [3.05, 3.63) is 17.8 Å². The Kier molecular flexibility index (Phi) is 3.94. The summed E-state index contributed by atoms with van der Waals surface area (Å²) in [7, 11) is 0. The molecule has 0 bridgehead atoms. The lowest BCUT2D eigenvalue weighted by Crippen LogP contribution is -2.40. The summed E-state index contributed by atoms with van der Waals surface area (Å²) in [5.74, 6) is 1.07. The van der Waals surface area contributed by atoms with E-state index in [4.69, 9.17) is 5.73 Å². The van der Waals surface area contributed by atoms with Crippen LogP contribution in [0.1, 0.15) is 32.1 Å². The molecule has 0 spiro atoms. The third kappa shape index (κ3) is 2.58. The van der Waals surface area contributed by atoms with Crippen molar-refractivity contribution in [2.75, 3.05) is 18.0 Å². The molecule has 0 unspecified atom stereocenters. The Bertz CT molecular complexity index is 533. The van der Waals surface area contributed by atoms with E-state index in [1.165, 1.54) is 37.5 Å². The minimum absolute atomic E-state index is 0.593. The van der Waals surface area contributed by atoms with Gasteiger partial charge in [0.2, 0.25) is 0 Å². The van der Waals surface area contributed by atoms with E-state index in [2.05, 4.69) is 26.3 Å². The summed E-state index contributed by atoms with van der Waals surface area (Å²) in [6.07, 6.45) is 8.21. The highest BCUT2D eigenvalue weighted by Gasteiger charge is 2.23. The lowest BCUT2D eigenvalue weighted by molar-refractivity contribution is 0.414. The van der Waals surface area contributed by atoms with E-state index < -0.39 is 0 Å². The van der Waals surface area contributed by atoms with Crippen LogP contribution in [0.3, 0.4) is 0 Å². The molecule has 0 radical (unpaired) electrons. The lowest BCUT2D eigenvalue weighted by atomic mass is 9.94. The molecule has 1 saturated carbocycles. The predicted octanol–water partition coefficient (Wildman–Crippen LogP) is 2.79. The number of aromatic nitrogens is 2. The average Bonchev–Trinajstić information content (AvgIpc) is 2.94. The summed E-state index contributed by atoms with van der Waals surface area (Å²) in [6, 6.07) is 2.72. The molecule has 1 aliphatic rings. The Balaban J connectivity index is 1.96. The second-order valence-corrected chi connectivity index (χ2v) is 6.01. The van der Waals surface area contributed by atoms with Crippen molar-refractivity contribution in [1.82, 2.24) is 9.97 Å². The van der Waals surface area contributed by atoms with Crippen molar-refractivity contribution < 1.29 is 0 Å². The van der Waals surface area contributed by atoms with Gasteiger partial charge >= 0.3 is 0 Å². The Morgan fingerprint density at radius 1 is 1.26 bits per heavy atom. The first kappa shape index (κ1) is 12.8. The van der Waals surface area contributed by atoms with E-state index >= 15 is 0 Å². The molecular formula is C14H20N4S. The van der Waals surface area contributed by atoms with Crippen LogP contribution in [-0.4, -0.2) is 29.1 Å². The molecule has 102 valence electrons. The van der Waals surface area contributed by atoms with Gasteiger partial charge in [0.1, 0.15) is 17.0 Å². The topological polar surface area (TPSA) is 55.0 Å². The highest BCUT2D eigenvalue weighted by atomic mass is 32.1. The molecule has 4 nitrogen and oxygen atoms in total. The second-order valence-electron chi connectivity index (χ2n) is 5.11. The molecular weight excluding hydrogens is 256 g/mol. The molecule has 1 fully saturated rings. The van der Waals surface area contributed by atoms with Gasteiger partial charge in [-0.2, -0.15) is 0 Å². The first-order chi connectivity index (χ1) is 9.40. The van der Waals surface area contributed by atoms with Crippen molar-refractivity contribution in [2.45, 2.75) is 38.1 Å². The Hall–Kier alpha value is -1.20. The molecule has 0 atom stereocenters. The van der Waals surface area contributed by atoms with Crippen molar-refractivity contribution in [3.63, 3.8) is 0 Å². The monoisotopic (exact) mass is 276 g/mol. The van der Waals surface area contributed by atoms with Crippen LogP contribution in [0.4, 0.5) is 5.82 Å². The molecule has 2 aromatic rings. The van der Waals surface area contributed by atoms with Gasteiger partial charge in [-0.15, -0.1) is 11.3 Å². The number of rotatable bonds is 4. The van der Waals surface area contributed by atoms with Crippen LogP contribution in [-0.2, 0) is 0 Å². The molecule has 2 aromatic heterocycles. The number of nitrogens with two attached hydrogens (primary N) is 1. The minimum Gasteiger partial charge on any atom is -0.352 e. The first-order valence-corrected chi connectivity index (χ1v) is 7.93. The fourth-order valence-corrected chi connectivity index (χ4v) is 3.73. The van der Waals surface area contributed by atoms with Crippen molar-refractivity contribution in [1.29, 1.82) is 0 Å². The van der Waals surface area contributed by atoms with Crippen LogP contribution in [0.5, 0.6) is 0 Å². The Morgan fingerprint density at radius 3 is 2.89 bits per heavy atom. The maximum absolute atomic E-state index is 5.81. The second kappa shape index (κ2) is 5.84. The summed E-state index contributed by atoms with van der Waals surface area (Å²) in [5.41, 5.74) is 5.81. The van der Waals surface area contributed by atoms with Crippen LogP contribution < -0.4 is 10.6 Å². The minimum atomic E-state index is 0.593. The van der Waals surface area contributed by atoms with Gasteiger partial charge < -0.3 is 10.6 Å². The molecule has 2 heterocycles. The summed E-state index contributed by atoms with van der Waals surface area (Å²) < 4.78 is 0. The van der Waals surface area contributed by atoms with Gasteiger partial charge in [0.15, 0.2) is 0 Å². The highest BCUT2D eigenvalue weighted by molar-refractivity contribution is 7.16. The molecule has 0 saturated heterocycles. The largest absolute Gasteiger partial charge is 0.352 e. The fourth-order valence-electron chi connectivity index (χ4n) is 3.00. The van der Waals surface area contributed by atoms with Crippen LogP contribution in [0.2, 0.25) is 0 Å². The smallest absolute Gasteiger partial charge is 0.141 e. The number of nitrogens with zero attached hydrogens (tertiary/aromatic N) is 3. The van der Waals surface area contributed by atoms with Crippen molar-refractivity contribution in [3.8, 4) is 0 Å². The van der Waals surface area contributed by atoms with Crippen LogP contribution in [0, 0.1) is 0 Å². The van der Waals surface area contributed by atoms with E-state index in [0.29, 0.717) is 12.6 Å². The van der Waals surface area contributed by atoms with Gasteiger partial charge in [-0.1, -0.05) is 19.3 Å². The molecule has 0 amide bonds. The number of fused-ring (bicyclic) bond motifs is 1. The molecule has 3 rings (SSSR count). The van der Waals surface area contributed by atoms with E-state index in [0.717, 1.165) is 17.2 Å². The maximum Gasteiger partial charge on any atom is 0.141 e. The molecule has 1 aliphatic carbocycles. The van der Waals surface area contributed by atoms with E-state index in [9.17, 15) is 0 Å². The van der Waals surface area contributed by atoms with Crippen molar-refractivity contribution >= 4 is 27.4 Å². The van der Waals surface area contributed by atoms with E-state index in [-0.39, 0.29) is 0 Å². The number of thiophene rings is 1. The maximum atomic E-state index is 5.81. The van der Waals surface area contributed by atoms with Gasteiger partial charge in [0, 0.05) is 19.1 Å². The zero-order chi connectivity index (χ0) is 13.1. The third-order valence-corrected chi connectivity index (χ3v) is 4.72. The summed E-state index contributed by atoms with van der Waals surface area (Å²) in [4.78, 5) is 12.4. The van der Waals surface area contributed by atoms with Crippen molar-refractivity contribution in [2.24, 2.45) is 5.73 Å². The standard InChI is InChI=1S/C14H20N4S/c15-7-8-18(11-4-2-1-3-5-11)13-12-6-9-19-14(12)17-10-16-13/h6,9-11H,1-5,7-8,15H2. The number of anilines is 1. The highest BCUT2D eigenvalue weighted by Crippen LogP contribution is 2.31. The lowest BCUT2D eigenvalue weighted by Gasteiger charge is -2.35. The summed E-state index contributed by atoms with van der Waals surface area (Å²) in [6.45, 7) is 1.55. The molecule has 2 N–H and O–H groups in total. The SMILES string of the molecule is NCCN(c1ncnc2sccc12)C1CCCCC1. The molecule has 5 heteroatoms. The quantitative estimate of drug-likeness (QED) is 0.933. The zero-order valence-corrected chi connectivity index (χ0v) is 11.9. The van der Waals surface area contributed by atoms with Gasteiger partial charge in [-0.25, -0.2) is 9.97 Å². The van der Waals surface area contributed by atoms with Gasteiger partial charge in [0.05, 0.1) is 5.39 Å². The van der Waals surface area contributed by atoms with Gasteiger partial charge in [0.25, 0.3) is 0 Å². The molecule has 19 heavy (non-hydrogen) atoms. The van der Waals surface area contributed by atoms with E-state index in [1.54, 1.807) is 17.7 Å². The predicted molar refractivity (Wildman–Crippen MR) is 80.7 cm³/mol. The van der Waals surface area contributed by atoms with Crippen LogP contribution >= 0.6 is 11.3 Å². The zero-order valence-electron chi connectivity index (χ0n) is 11.1. The molecule has 0 aromatic carbocycles.